The number of benzene rings is 2. The second-order valence-electron chi connectivity index (χ2n) is 7.54. The van der Waals surface area contributed by atoms with Crippen LogP contribution < -0.4 is 10.1 Å². The van der Waals surface area contributed by atoms with E-state index in [-0.39, 0.29) is 22.6 Å². The van der Waals surface area contributed by atoms with Crippen molar-refractivity contribution >= 4 is 29.4 Å². The van der Waals surface area contributed by atoms with E-state index in [1.807, 2.05) is 0 Å². The van der Waals surface area contributed by atoms with Crippen LogP contribution >= 0.6 is 0 Å². The number of anilines is 1. The van der Waals surface area contributed by atoms with Gasteiger partial charge in [0.2, 0.25) is 0 Å². The fourth-order valence-electron chi connectivity index (χ4n) is 2.97. The Hall–Kier alpha value is -3.68. The molecule has 0 atom stereocenters. The molecule has 0 aromatic heterocycles. The Balaban J connectivity index is 1.75. The molecule has 2 aromatic carbocycles. The van der Waals surface area contributed by atoms with Gasteiger partial charge in [-0.25, -0.2) is 4.79 Å². The third-order valence-electron chi connectivity index (χ3n) is 4.29. The molecule has 8 nitrogen and oxygen atoms in total. The molecule has 1 aliphatic heterocycles. The average molecular weight is 396 g/mol. The minimum atomic E-state index is -1.09. The number of nitrogens with one attached hydrogen (secondary N) is 1. The number of carbonyl (C=O) groups is 4. The highest BCUT2D eigenvalue weighted by Crippen LogP contribution is 2.30. The first-order valence-corrected chi connectivity index (χ1v) is 8.87. The lowest BCUT2D eigenvalue weighted by atomic mass is 10.1. The maximum absolute atomic E-state index is 12.7. The van der Waals surface area contributed by atoms with E-state index in [2.05, 4.69) is 5.32 Å². The summed E-state index contributed by atoms with van der Waals surface area (Å²) in [7, 11) is 0. The number of carbonyl (C=O) groups excluding carboxylic acids is 3. The summed E-state index contributed by atoms with van der Waals surface area (Å²) in [4.78, 5) is 49.4. The molecule has 0 aliphatic carbocycles. The van der Waals surface area contributed by atoms with Crippen LogP contribution in [0.1, 0.15) is 51.8 Å². The second kappa shape index (κ2) is 7.38. The molecule has 0 saturated carbocycles. The molecule has 0 bridgehead atoms. The van der Waals surface area contributed by atoms with Gasteiger partial charge >= 0.3 is 5.97 Å². The van der Waals surface area contributed by atoms with Crippen LogP contribution in [-0.4, -0.2) is 45.8 Å². The number of carboxylic acid groups (broad SMARTS) is 1. The van der Waals surface area contributed by atoms with Crippen molar-refractivity contribution in [2.45, 2.75) is 26.3 Å². The first kappa shape index (κ1) is 20.1. The lowest BCUT2D eigenvalue weighted by Gasteiger charge is -2.29. The smallest absolute Gasteiger partial charge is 0.341 e. The standard InChI is InChI=1S/C21H20N2O6/c1-21(2,3)23-19(27)15-9-4-12(10-16(15)20(23)28)18(26)22-13-5-7-14(8-6-13)29-11-17(24)25/h4-10H,11H2,1-3H3,(H,22,26)(H,24,25). The Kier molecular flexibility index (Phi) is 5.11. The lowest BCUT2D eigenvalue weighted by molar-refractivity contribution is -0.139. The van der Waals surface area contributed by atoms with Crippen molar-refractivity contribution < 1.29 is 29.0 Å². The Bertz CT molecular complexity index is 1000. The molecule has 8 heteroatoms. The van der Waals surface area contributed by atoms with Crippen molar-refractivity contribution in [3.05, 3.63) is 59.2 Å². The zero-order chi connectivity index (χ0) is 21.3. The first-order chi connectivity index (χ1) is 13.6. The van der Waals surface area contributed by atoms with E-state index in [0.29, 0.717) is 11.4 Å². The van der Waals surface area contributed by atoms with Crippen molar-refractivity contribution in [3.63, 3.8) is 0 Å². The van der Waals surface area contributed by atoms with Gasteiger partial charge in [-0.05, 0) is 63.2 Å². The SMILES string of the molecule is CC(C)(C)N1C(=O)c2ccc(C(=O)Nc3ccc(OCC(=O)O)cc3)cc2C1=O. The summed E-state index contributed by atoms with van der Waals surface area (Å²) in [6.07, 6.45) is 0. The fraction of sp³-hybridized carbons (Fsp3) is 0.238. The third-order valence-corrected chi connectivity index (χ3v) is 4.29. The van der Waals surface area contributed by atoms with Crippen molar-refractivity contribution in [3.8, 4) is 5.75 Å². The number of fused-ring (bicyclic) bond motifs is 1. The Morgan fingerprint density at radius 2 is 1.62 bits per heavy atom. The van der Waals surface area contributed by atoms with E-state index in [1.54, 1.807) is 32.9 Å². The fourth-order valence-corrected chi connectivity index (χ4v) is 2.97. The molecule has 0 spiro atoms. The van der Waals surface area contributed by atoms with Crippen molar-refractivity contribution in [1.29, 1.82) is 0 Å². The lowest BCUT2D eigenvalue weighted by Crippen LogP contribution is -2.45. The number of carboxylic acids is 1. The normalized spacial score (nSPS) is 13.3. The highest BCUT2D eigenvalue weighted by Gasteiger charge is 2.42. The largest absolute Gasteiger partial charge is 0.482 e. The summed E-state index contributed by atoms with van der Waals surface area (Å²) in [6.45, 7) is 4.85. The molecule has 1 heterocycles. The van der Waals surface area contributed by atoms with Gasteiger partial charge in [-0.2, -0.15) is 0 Å². The molecule has 0 radical (unpaired) electrons. The van der Waals surface area contributed by atoms with Crippen LogP contribution in [0.2, 0.25) is 0 Å². The van der Waals surface area contributed by atoms with E-state index < -0.39 is 29.9 Å². The van der Waals surface area contributed by atoms with Crippen molar-refractivity contribution in [1.82, 2.24) is 4.90 Å². The Labute approximate surface area is 167 Å². The Morgan fingerprint density at radius 3 is 2.21 bits per heavy atom. The molecule has 29 heavy (non-hydrogen) atoms. The number of hydrogen-bond acceptors (Lipinski definition) is 5. The van der Waals surface area contributed by atoms with Crippen LogP contribution in [0.3, 0.4) is 0 Å². The van der Waals surface area contributed by atoms with Crippen LogP contribution in [0.15, 0.2) is 42.5 Å². The number of ether oxygens (including phenoxy) is 1. The molecule has 2 N–H and O–H groups in total. The molecule has 150 valence electrons. The van der Waals surface area contributed by atoms with E-state index in [1.165, 1.54) is 35.2 Å². The van der Waals surface area contributed by atoms with E-state index in [4.69, 9.17) is 9.84 Å². The van der Waals surface area contributed by atoms with Crippen LogP contribution in [0.4, 0.5) is 5.69 Å². The van der Waals surface area contributed by atoms with Crippen LogP contribution in [0, 0.1) is 0 Å². The van der Waals surface area contributed by atoms with Crippen LogP contribution in [0.5, 0.6) is 5.75 Å². The molecule has 3 rings (SSSR count). The molecule has 1 aliphatic rings. The number of amides is 3. The molecule has 3 amide bonds. The topological polar surface area (TPSA) is 113 Å². The third kappa shape index (κ3) is 4.11. The van der Waals surface area contributed by atoms with Crippen molar-refractivity contribution in [2.75, 3.05) is 11.9 Å². The van der Waals surface area contributed by atoms with Gasteiger partial charge in [0.15, 0.2) is 6.61 Å². The summed E-state index contributed by atoms with van der Waals surface area (Å²) in [5, 5.41) is 11.3. The number of nitrogens with zero attached hydrogens (tertiary/aromatic N) is 1. The second-order valence-corrected chi connectivity index (χ2v) is 7.54. The van der Waals surface area contributed by atoms with Gasteiger partial charge in [-0.3, -0.25) is 19.3 Å². The van der Waals surface area contributed by atoms with Gasteiger partial charge in [0, 0.05) is 16.8 Å². The maximum atomic E-state index is 12.7. The average Bonchev–Trinajstić information content (AvgIpc) is 2.91. The summed E-state index contributed by atoms with van der Waals surface area (Å²) < 4.78 is 5.04. The van der Waals surface area contributed by atoms with E-state index in [0.717, 1.165) is 0 Å². The monoisotopic (exact) mass is 396 g/mol. The van der Waals surface area contributed by atoms with Gasteiger partial charge in [-0.1, -0.05) is 0 Å². The van der Waals surface area contributed by atoms with Gasteiger partial charge in [0.1, 0.15) is 5.75 Å². The van der Waals surface area contributed by atoms with Crippen LogP contribution in [0.25, 0.3) is 0 Å². The molecular weight excluding hydrogens is 376 g/mol. The number of rotatable bonds is 5. The summed E-state index contributed by atoms with van der Waals surface area (Å²) in [5.41, 5.74) is 0.528. The van der Waals surface area contributed by atoms with E-state index >= 15 is 0 Å². The highest BCUT2D eigenvalue weighted by molar-refractivity contribution is 6.22. The van der Waals surface area contributed by atoms with Gasteiger partial charge < -0.3 is 15.2 Å². The molecule has 0 unspecified atom stereocenters. The minimum absolute atomic E-state index is 0.204. The molecule has 0 fully saturated rings. The van der Waals surface area contributed by atoms with Crippen molar-refractivity contribution in [2.24, 2.45) is 0 Å². The summed E-state index contributed by atoms with van der Waals surface area (Å²) >= 11 is 0. The van der Waals surface area contributed by atoms with Gasteiger partial charge in [0.25, 0.3) is 17.7 Å². The quantitative estimate of drug-likeness (QED) is 0.752. The molecular formula is C21H20N2O6. The summed E-state index contributed by atoms with van der Waals surface area (Å²) in [6, 6.07) is 10.6. The number of aliphatic carboxylic acids is 1. The summed E-state index contributed by atoms with van der Waals surface area (Å²) in [5.74, 6) is -1.97. The highest BCUT2D eigenvalue weighted by atomic mass is 16.5. The predicted octanol–water partition coefficient (Wildman–Crippen LogP) is 2.80. The molecule has 0 saturated heterocycles. The predicted molar refractivity (Wildman–Crippen MR) is 104 cm³/mol. The number of imide groups is 1. The Morgan fingerprint density at radius 1 is 1.00 bits per heavy atom. The first-order valence-electron chi connectivity index (χ1n) is 8.87. The zero-order valence-electron chi connectivity index (χ0n) is 16.2. The maximum Gasteiger partial charge on any atom is 0.341 e. The number of hydrogen-bond donors (Lipinski definition) is 2. The van der Waals surface area contributed by atoms with Gasteiger partial charge in [0.05, 0.1) is 11.1 Å². The van der Waals surface area contributed by atoms with Crippen LogP contribution in [-0.2, 0) is 4.79 Å². The van der Waals surface area contributed by atoms with E-state index in [9.17, 15) is 19.2 Å². The zero-order valence-corrected chi connectivity index (χ0v) is 16.2. The van der Waals surface area contributed by atoms with Gasteiger partial charge in [-0.15, -0.1) is 0 Å². The minimum Gasteiger partial charge on any atom is -0.482 e. The molecule has 2 aromatic rings.